The maximum Gasteiger partial charge on any atom is 0.0440 e. The maximum absolute atomic E-state index is 2.45. The second-order valence-corrected chi connectivity index (χ2v) is 15.8. The third-order valence-electron chi connectivity index (χ3n) is 11.8. The fraction of sp³-hybridized carbons (Fsp3) is 0. The predicted molar refractivity (Wildman–Crippen MR) is 241 cm³/mol. The van der Waals surface area contributed by atoms with Crippen molar-refractivity contribution < 1.29 is 0 Å². The van der Waals surface area contributed by atoms with Gasteiger partial charge in [0.25, 0.3) is 0 Å². The first-order valence-corrected chi connectivity index (χ1v) is 19.8. The fourth-order valence-corrected chi connectivity index (χ4v) is 10.7. The minimum absolute atomic E-state index is 1.23. The van der Waals surface area contributed by atoms with Crippen LogP contribution in [0.2, 0.25) is 0 Å². The zero-order chi connectivity index (χ0) is 36.0. The van der Waals surface area contributed by atoms with E-state index in [0.29, 0.717) is 0 Å². The Morgan fingerprint density at radius 1 is 0.273 bits per heavy atom. The van der Waals surface area contributed by atoms with Crippen molar-refractivity contribution in [1.82, 2.24) is 0 Å². The predicted octanol–water partition coefficient (Wildman–Crippen LogP) is 16.0. The number of benzene rings is 11. The molecule has 55 heavy (non-hydrogen) atoms. The molecule has 0 bridgehead atoms. The summed E-state index contributed by atoms with van der Waals surface area (Å²) in [6.45, 7) is 0. The minimum atomic E-state index is 1.23. The Morgan fingerprint density at radius 2 is 0.709 bits per heavy atom. The Balaban J connectivity index is 1.07. The van der Waals surface area contributed by atoms with Crippen LogP contribution in [0.1, 0.15) is 0 Å². The van der Waals surface area contributed by atoms with Crippen LogP contribution in [-0.2, 0) is 0 Å². The van der Waals surface area contributed by atoms with Crippen molar-refractivity contribution in [2.24, 2.45) is 0 Å². The van der Waals surface area contributed by atoms with Crippen LogP contribution < -0.4 is 0 Å². The van der Waals surface area contributed by atoms with Gasteiger partial charge in [0.15, 0.2) is 0 Å². The van der Waals surface area contributed by atoms with Gasteiger partial charge < -0.3 is 0 Å². The van der Waals surface area contributed by atoms with E-state index in [-0.39, 0.29) is 0 Å². The van der Waals surface area contributed by atoms with E-state index in [1.165, 1.54) is 118 Å². The third kappa shape index (κ3) is 4.51. The Kier molecular flexibility index (Phi) is 6.60. The smallest absolute Gasteiger partial charge is 0.0440 e. The highest BCUT2D eigenvalue weighted by molar-refractivity contribution is 7.27. The minimum Gasteiger partial charge on any atom is -0.134 e. The van der Waals surface area contributed by atoms with Crippen molar-refractivity contribution in [2.75, 3.05) is 0 Å². The third-order valence-corrected chi connectivity index (χ3v) is 13.0. The van der Waals surface area contributed by atoms with E-state index in [1.807, 2.05) is 11.3 Å². The quantitative estimate of drug-likeness (QED) is 0.126. The first-order chi connectivity index (χ1) is 27.3. The highest BCUT2D eigenvalue weighted by atomic mass is 32.1. The van der Waals surface area contributed by atoms with Crippen LogP contribution in [0.4, 0.5) is 0 Å². The molecule has 0 N–H and O–H groups in total. The van der Waals surface area contributed by atoms with Crippen LogP contribution in [0.3, 0.4) is 0 Å². The molecule has 1 heterocycles. The van der Waals surface area contributed by atoms with Crippen molar-refractivity contribution in [3.8, 4) is 33.4 Å². The highest BCUT2D eigenvalue weighted by Gasteiger charge is 2.20. The Hall–Kier alpha value is -6.80. The summed E-state index contributed by atoms with van der Waals surface area (Å²) in [6, 6.07) is 72.1. The van der Waals surface area contributed by atoms with E-state index in [2.05, 4.69) is 194 Å². The summed E-state index contributed by atoms with van der Waals surface area (Å²) in [5.74, 6) is 0. The number of rotatable bonds is 3. The van der Waals surface area contributed by atoms with Gasteiger partial charge in [0.2, 0.25) is 0 Å². The normalized spacial score (nSPS) is 12.0. The monoisotopic (exact) mass is 712 g/mol. The Labute approximate surface area is 322 Å². The zero-order valence-electron chi connectivity index (χ0n) is 29.9. The molecule has 0 atom stereocenters. The second kappa shape index (κ2) is 11.9. The van der Waals surface area contributed by atoms with Crippen LogP contribution in [0.25, 0.3) is 118 Å². The molecular formula is C54H32S. The van der Waals surface area contributed by atoms with E-state index < -0.39 is 0 Å². The van der Waals surface area contributed by atoms with Crippen LogP contribution >= 0.6 is 11.3 Å². The Morgan fingerprint density at radius 3 is 1.35 bits per heavy atom. The molecule has 0 saturated heterocycles. The van der Waals surface area contributed by atoms with Gasteiger partial charge in [0, 0.05) is 25.6 Å². The van der Waals surface area contributed by atoms with Gasteiger partial charge in [-0.25, -0.2) is 0 Å². The first-order valence-electron chi connectivity index (χ1n) is 19.0. The molecule has 254 valence electrons. The molecule has 0 nitrogen and oxygen atoms in total. The van der Waals surface area contributed by atoms with Gasteiger partial charge in [-0.15, -0.1) is 11.3 Å². The lowest BCUT2D eigenvalue weighted by Crippen LogP contribution is -1.91. The van der Waals surface area contributed by atoms with Gasteiger partial charge in [-0.05, 0) is 105 Å². The lowest BCUT2D eigenvalue weighted by molar-refractivity contribution is 1.64. The summed E-state index contributed by atoms with van der Waals surface area (Å²) in [7, 11) is 0. The average Bonchev–Trinajstić information content (AvgIpc) is 3.66. The summed E-state index contributed by atoms with van der Waals surface area (Å²) in [4.78, 5) is 0. The fourth-order valence-electron chi connectivity index (χ4n) is 9.41. The zero-order valence-corrected chi connectivity index (χ0v) is 30.7. The molecule has 1 aromatic heterocycles. The molecule has 0 aliphatic rings. The topological polar surface area (TPSA) is 0 Å². The maximum atomic E-state index is 2.45. The standard InChI is InChI=1S/C54H32S/c1-2-14-36-31-37(30-25-33(36)13-1)51-45-22-10-8-20-43(45)50(44-21-9-11-23-46(44)51)35-28-26-34(27-29-35)48-32-49-52(41-18-6-4-17-40(41)48)53-42-19-7-3-15-38(42)39-16-5-12-24-47(39)54(53)55-49/h1-32H. The van der Waals surface area contributed by atoms with Gasteiger partial charge >= 0.3 is 0 Å². The molecule has 0 aliphatic carbocycles. The molecule has 0 spiro atoms. The Bertz CT molecular complexity index is 3470. The van der Waals surface area contributed by atoms with E-state index in [9.17, 15) is 0 Å². The van der Waals surface area contributed by atoms with E-state index >= 15 is 0 Å². The summed E-state index contributed by atoms with van der Waals surface area (Å²) in [5.41, 5.74) is 7.56. The van der Waals surface area contributed by atoms with Gasteiger partial charge in [0.1, 0.15) is 0 Å². The molecule has 0 radical (unpaired) electrons. The SMILES string of the molecule is c1ccc2cc(-c3c4ccccc4c(-c4ccc(-c5cc6sc7c8ccccc8c8ccccc8c7c6c6ccccc56)cc4)c4ccccc34)ccc2c1. The van der Waals surface area contributed by atoms with E-state index in [4.69, 9.17) is 0 Å². The van der Waals surface area contributed by atoms with E-state index in [1.54, 1.807) is 0 Å². The lowest BCUT2D eigenvalue weighted by atomic mass is 9.85. The average molecular weight is 713 g/mol. The number of hydrogen-bond donors (Lipinski definition) is 0. The first kappa shape index (κ1) is 30.6. The molecule has 11 aromatic carbocycles. The van der Waals surface area contributed by atoms with Crippen molar-refractivity contribution in [3.05, 3.63) is 194 Å². The molecule has 12 rings (SSSR count). The molecule has 0 saturated carbocycles. The molecule has 0 aliphatic heterocycles. The summed E-state index contributed by atoms with van der Waals surface area (Å²) in [6.07, 6.45) is 0. The molecule has 0 fully saturated rings. The molecule has 1 heteroatoms. The summed E-state index contributed by atoms with van der Waals surface area (Å²) >= 11 is 1.93. The van der Waals surface area contributed by atoms with Gasteiger partial charge in [-0.2, -0.15) is 0 Å². The molecular weight excluding hydrogens is 681 g/mol. The largest absolute Gasteiger partial charge is 0.134 e. The van der Waals surface area contributed by atoms with Crippen LogP contribution in [-0.4, -0.2) is 0 Å². The van der Waals surface area contributed by atoms with Crippen molar-refractivity contribution >= 4 is 96.1 Å². The lowest BCUT2D eigenvalue weighted by Gasteiger charge is -2.18. The van der Waals surface area contributed by atoms with Crippen molar-refractivity contribution in [2.45, 2.75) is 0 Å². The van der Waals surface area contributed by atoms with Crippen LogP contribution in [0, 0.1) is 0 Å². The number of fused-ring (bicyclic) bond motifs is 13. The van der Waals surface area contributed by atoms with Crippen LogP contribution in [0.15, 0.2) is 194 Å². The van der Waals surface area contributed by atoms with Gasteiger partial charge in [0.05, 0.1) is 0 Å². The van der Waals surface area contributed by atoms with E-state index in [0.717, 1.165) is 0 Å². The summed E-state index contributed by atoms with van der Waals surface area (Å²) in [5, 5.41) is 18.3. The van der Waals surface area contributed by atoms with Gasteiger partial charge in [-0.1, -0.05) is 182 Å². The molecule has 0 unspecified atom stereocenters. The van der Waals surface area contributed by atoms with Crippen LogP contribution in [0.5, 0.6) is 0 Å². The number of hydrogen-bond acceptors (Lipinski definition) is 1. The number of thiophene rings is 1. The van der Waals surface area contributed by atoms with Crippen molar-refractivity contribution in [3.63, 3.8) is 0 Å². The summed E-state index contributed by atoms with van der Waals surface area (Å²) < 4.78 is 2.70. The highest BCUT2D eigenvalue weighted by Crippen LogP contribution is 2.49. The second-order valence-electron chi connectivity index (χ2n) is 14.7. The molecule has 0 amide bonds. The van der Waals surface area contributed by atoms with Gasteiger partial charge in [-0.3, -0.25) is 0 Å². The van der Waals surface area contributed by atoms with Crippen molar-refractivity contribution in [1.29, 1.82) is 0 Å². The molecule has 12 aromatic rings.